The summed E-state index contributed by atoms with van der Waals surface area (Å²) in [5, 5.41) is 3.29. The lowest BCUT2D eigenvalue weighted by Crippen LogP contribution is -2.18. The number of aromatic nitrogens is 1. The minimum absolute atomic E-state index is 0.408. The van der Waals surface area contributed by atoms with Gasteiger partial charge >= 0.3 is 0 Å². The van der Waals surface area contributed by atoms with Crippen LogP contribution in [0.4, 0.5) is 10.2 Å². The lowest BCUT2D eigenvalue weighted by Gasteiger charge is -2.18. The van der Waals surface area contributed by atoms with Crippen LogP contribution in [0, 0.1) is 11.4 Å². The molecule has 15 heavy (non-hydrogen) atoms. The normalized spacial score (nSPS) is 24.1. The molecule has 0 radical (unpaired) electrons. The van der Waals surface area contributed by atoms with Gasteiger partial charge in [0.2, 0.25) is 5.95 Å². The minimum Gasteiger partial charge on any atom is -0.367 e. The summed E-state index contributed by atoms with van der Waals surface area (Å²) >= 11 is 0. The van der Waals surface area contributed by atoms with E-state index in [4.69, 9.17) is 0 Å². The summed E-state index contributed by atoms with van der Waals surface area (Å²) in [6, 6.07) is 5.30. The number of rotatable bonds is 2. The van der Waals surface area contributed by atoms with Crippen LogP contribution >= 0.6 is 0 Å². The van der Waals surface area contributed by atoms with Crippen LogP contribution < -0.4 is 5.32 Å². The van der Waals surface area contributed by atoms with E-state index < -0.39 is 5.95 Å². The molecule has 2 rings (SSSR count). The van der Waals surface area contributed by atoms with E-state index in [0.29, 0.717) is 17.3 Å². The van der Waals surface area contributed by atoms with Crippen LogP contribution in [0.3, 0.4) is 0 Å². The number of nitrogens with zero attached hydrogens (tertiary/aromatic N) is 1. The molecular formula is C12H17FN2. The average Bonchev–Trinajstić information content (AvgIpc) is 2.45. The summed E-state index contributed by atoms with van der Waals surface area (Å²) in [6.07, 6.45) is 3.50. The van der Waals surface area contributed by atoms with Crippen LogP contribution in [0.2, 0.25) is 0 Å². The van der Waals surface area contributed by atoms with Gasteiger partial charge in [0.25, 0.3) is 0 Å². The molecule has 82 valence electrons. The van der Waals surface area contributed by atoms with E-state index in [1.165, 1.54) is 12.5 Å². The summed E-state index contributed by atoms with van der Waals surface area (Å²) in [6.45, 7) is 4.54. The van der Waals surface area contributed by atoms with E-state index in [9.17, 15) is 4.39 Å². The van der Waals surface area contributed by atoms with Crippen LogP contribution in [-0.4, -0.2) is 11.0 Å². The Kier molecular flexibility index (Phi) is 2.63. The predicted molar refractivity (Wildman–Crippen MR) is 59.2 cm³/mol. The third kappa shape index (κ3) is 2.67. The zero-order valence-electron chi connectivity index (χ0n) is 9.26. The van der Waals surface area contributed by atoms with Gasteiger partial charge in [0.1, 0.15) is 5.82 Å². The Balaban J connectivity index is 1.99. The van der Waals surface area contributed by atoms with Crippen LogP contribution in [-0.2, 0) is 0 Å². The van der Waals surface area contributed by atoms with Crippen LogP contribution in [0.1, 0.15) is 33.1 Å². The number of hydrogen-bond donors (Lipinski definition) is 1. The largest absolute Gasteiger partial charge is 0.367 e. The van der Waals surface area contributed by atoms with Crippen molar-refractivity contribution in [1.82, 2.24) is 4.98 Å². The average molecular weight is 208 g/mol. The van der Waals surface area contributed by atoms with Gasteiger partial charge in [-0.2, -0.15) is 4.39 Å². The molecule has 2 nitrogen and oxygen atoms in total. The SMILES string of the molecule is CC1(C)CCC(Nc2cccc(F)n2)C1. The molecule has 1 unspecified atom stereocenters. The van der Waals surface area contributed by atoms with Gasteiger partial charge in [-0.15, -0.1) is 0 Å². The van der Waals surface area contributed by atoms with E-state index in [1.807, 2.05) is 6.07 Å². The zero-order valence-corrected chi connectivity index (χ0v) is 9.26. The van der Waals surface area contributed by atoms with Crippen molar-refractivity contribution in [2.75, 3.05) is 5.32 Å². The van der Waals surface area contributed by atoms with Crippen molar-refractivity contribution < 1.29 is 4.39 Å². The summed E-state index contributed by atoms with van der Waals surface area (Å²) in [5.41, 5.74) is 0.408. The molecule has 0 aliphatic heterocycles. The lowest BCUT2D eigenvalue weighted by atomic mass is 9.92. The summed E-state index contributed by atoms with van der Waals surface area (Å²) < 4.78 is 12.8. The highest BCUT2D eigenvalue weighted by Gasteiger charge is 2.30. The molecule has 0 bridgehead atoms. The van der Waals surface area contributed by atoms with Gasteiger partial charge in [0.05, 0.1) is 0 Å². The van der Waals surface area contributed by atoms with Gasteiger partial charge in [0, 0.05) is 6.04 Å². The maximum atomic E-state index is 12.8. The third-order valence-electron chi connectivity index (χ3n) is 3.04. The van der Waals surface area contributed by atoms with Gasteiger partial charge in [-0.1, -0.05) is 19.9 Å². The maximum Gasteiger partial charge on any atom is 0.214 e. The molecule has 1 aliphatic rings. The molecule has 1 heterocycles. The first-order valence-electron chi connectivity index (χ1n) is 5.44. The third-order valence-corrected chi connectivity index (χ3v) is 3.04. The highest BCUT2D eigenvalue weighted by molar-refractivity contribution is 5.35. The van der Waals surface area contributed by atoms with Gasteiger partial charge < -0.3 is 5.32 Å². The van der Waals surface area contributed by atoms with Gasteiger partial charge in [-0.05, 0) is 36.8 Å². The summed E-state index contributed by atoms with van der Waals surface area (Å²) in [5.74, 6) is 0.231. The quantitative estimate of drug-likeness (QED) is 0.755. The van der Waals surface area contributed by atoms with Crippen molar-refractivity contribution in [2.24, 2.45) is 5.41 Å². The highest BCUT2D eigenvalue weighted by Crippen LogP contribution is 2.37. The molecule has 1 fully saturated rings. The van der Waals surface area contributed by atoms with Crippen molar-refractivity contribution in [3.05, 3.63) is 24.1 Å². The molecule has 1 aromatic heterocycles. The molecular weight excluding hydrogens is 191 g/mol. The van der Waals surface area contributed by atoms with Gasteiger partial charge in [-0.3, -0.25) is 0 Å². The first-order chi connectivity index (χ1) is 7.05. The van der Waals surface area contributed by atoms with Crippen molar-refractivity contribution in [3.8, 4) is 0 Å². The first kappa shape index (κ1) is 10.4. The van der Waals surface area contributed by atoms with Crippen LogP contribution in [0.25, 0.3) is 0 Å². The van der Waals surface area contributed by atoms with E-state index in [-0.39, 0.29) is 0 Å². The highest BCUT2D eigenvalue weighted by atomic mass is 19.1. The molecule has 1 atom stereocenters. The van der Waals surface area contributed by atoms with E-state index in [1.54, 1.807) is 6.07 Å². The topological polar surface area (TPSA) is 24.9 Å². The molecule has 0 amide bonds. The number of halogens is 1. The Morgan fingerprint density at radius 1 is 1.47 bits per heavy atom. The minimum atomic E-state index is -0.419. The number of nitrogens with one attached hydrogen (secondary N) is 1. The van der Waals surface area contributed by atoms with Gasteiger partial charge in [-0.25, -0.2) is 4.98 Å². The Labute approximate surface area is 89.9 Å². The van der Waals surface area contributed by atoms with Crippen molar-refractivity contribution in [1.29, 1.82) is 0 Å². The second-order valence-electron chi connectivity index (χ2n) is 5.09. The first-order valence-corrected chi connectivity index (χ1v) is 5.44. The number of hydrogen-bond acceptors (Lipinski definition) is 2. The fourth-order valence-corrected chi connectivity index (χ4v) is 2.26. The monoisotopic (exact) mass is 208 g/mol. The Morgan fingerprint density at radius 2 is 2.27 bits per heavy atom. The fourth-order valence-electron chi connectivity index (χ4n) is 2.26. The predicted octanol–water partition coefficient (Wildman–Crippen LogP) is 3.21. The lowest BCUT2D eigenvalue weighted by molar-refractivity contribution is 0.378. The van der Waals surface area contributed by atoms with Crippen molar-refractivity contribution in [3.63, 3.8) is 0 Å². The second kappa shape index (κ2) is 3.80. The maximum absolute atomic E-state index is 12.8. The molecule has 1 aromatic rings. The van der Waals surface area contributed by atoms with Crippen molar-refractivity contribution in [2.45, 2.75) is 39.2 Å². The number of anilines is 1. The molecule has 1 aliphatic carbocycles. The summed E-state index contributed by atoms with van der Waals surface area (Å²) in [7, 11) is 0. The smallest absolute Gasteiger partial charge is 0.214 e. The van der Waals surface area contributed by atoms with Crippen LogP contribution in [0.15, 0.2) is 18.2 Å². The second-order valence-corrected chi connectivity index (χ2v) is 5.09. The molecule has 3 heteroatoms. The summed E-state index contributed by atoms with van der Waals surface area (Å²) in [4.78, 5) is 3.81. The molecule has 1 saturated carbocycles. The van der Waals surface area contributed by atoms with E-state index in [0.717, 1.165) is 12.8 Å². The molecule has 0 spiro atoms. The molecule has 0 aromatic carbocycles. The van der Waals surface area contributed by atoms with E-state index in [2.05, 4.69) is 24.1 Å². The number of pyridine rings is 1. The van der Waals surface area contributed by atoms with Crippen molar-refractivity contribution >= 4 is 5.82 Å². The molecule has 0 saturated heterocycles. The Morgan fingerprint density at radius 3 is 2.87 bits per heavy atom. The Bertz CT molecular complexity index is 349. The van der Waals surface area contributed by atoms with Crippen LogP contribution in [0.5, 0.6) is 0 Å². The Hall–Kier alpha value is -1.12. The molecule has 1 N–H and O–H groups in total. The fraction of sp³-hybridized carbons (Fsp3) is 0.583. The van der Waals surface area contributed by atoms with E-state index >= 15 is 0 Å². The standard InChI is InChI=1S/C12H17FN2/c1-12(2)7-6-9(8-12)14-11-5-3-4-10(13)15-11/h3-5,9H,6-8H2,1-2H3,(H,14,15). The van der Waals surface area contributed by atoms with Gasteiger partial charge in [0.15, 0.2) is 0 Å². The zero-order chi connectivity index (χ0) is 10.9.